The van der Waals surface area contributed by atoms with Crippen molar-refractivity contribution in [1.82, 2.24) is 14.8 Å². The Hall–Kier alpha value is -2.50. The molecule has 0 radical (unpaired) electrons. The summed E-state index contributed by atoms with van der Waals surface area (Å²) < 4.78 is 1.66. The standard InChI is InChI=1S/C17H14ClN3O2/c1-11-19-20-16(10-22)21(11)15-8-7-13(18)9-14(15)17(23)12-5-3-2-4-6-12/h2-9,22H,10H2,1H3. The van der Waals surface area contributed by atoms with E-state index in [1.807, 2.05) is 6.07 Å². The Balaban J connectivity index is 2.20. The minimum Gasteiger partial charge on any atom is -0.388 e. The van der Waals surface area contributed by atoms with Gasteiger partial charge in [-0.05, 0) is 25.1 Å². The molecule has 1 aromatic heterocycles. The van der Waals surface area contributed by atoms with E-state index in [4.69, 9.17) is 11.6 Å². The van der Waals surface area contributed by atoms with Crippen LogP contribution in [-0.4, -0.2) is 25.7 Å². The third kappa shape index (κ3) is 2.88. The summed E-state index contributed by atoms with van der Waals surface area (Å²) in [6.07, 6.45) is 0. The highest BCUT2D eigenvalue weighted by molar-refractivity contribution is 6.31. The molecule has 3 aromatic rings. The van der Waals surface area contributed by atoms with Crippen molar-refractivity contribution in [3.8, 4) is 5.69 Å². The Bertz CT molecular complexity index is 860. The molecule has 2 aromatic carbocycles. The lowest BCUT2D eigenvalue weighted by Crippen LogP contribution is -2.11. The first-order chi connectivity index (χ1) is 11.1. The molecular weight excluding hydrogens is 314 g/mol. The van der Waals surface area contributed by atoms with E-state index in [9.17, 15) is 9.90 Å². The maximum absolute atomic E-state index is 12.9. The third-order valence-electron chi connectivity index (χ3n) is 3.51. The Morgan fingerprint density at radius 1 is 1.17 bits per heavy atom. The number of aliphatic hydroxyl groups is 1. The highest BCUT2D eigenvalue weighted by atomic mass is 35.5. The zero-order chi connectivity index (χ0) is 16.4. The number of aromatic nitrogens is 3. The average molecular weight is 328 g/mol. The van der Waals surface area contributed by atoms with Crippen LogP contribution in [-0.2, 0) is 6.61 Å². The number of hydrogen-bond acceptors (Lipinski definition) is 4. The lowest BCUT2D eigenvalue weighted by molar-refractivity contribution is 0.103. The highest BCUT2D eigenvalue weighted by Crippen LogP contribution is 2.24. The minimum atomic E-state index is -0.275. The summed E-state index contributed by atoms with van der Waals surface area (Å²) >= 11 is 6.08. The molecule has 23 heavy (non-hydrogen) atoms. The molecule has 0 atom stereocenters. The number of halogens is 1. The van der Waals surface area contributed by atoms with Crippen molar-refractivity contribution < 1.29 is 9.90 Å². The van der Waals surface area contributed by atoms with Gasteiger partial charge >= 0.3 is 0 Å². The number of rotatable bonds is 4. The highest BCUT2D eigenvalue weighted by Gasteiger charge is 2.19. The number of aryl methyl sites for hydroxylation is 1. The van der Waals surface area contributed by atoms with Crippen LogP contribution in [0.25, 0.3) is 5.69 Å². The van der Waals surface area contributed by atoms with Crippen LogP contribution in [0.1, 0.15) is 27.6 Å². The average Bonchev–Trinajstić information content (AvgIpc) is 2.95. The summed E-state index contributed by atoms with van der Waals surface area (Å²) in [5.74, 6) is 0.797. The van der Waals surface area contributed by atoms with Crippen molar-refractivity contribution in [2.75, 3.05) is 0 Å². The fourth-order valence-corrected chi connectivity index (χ4v) is 2.62. The Morgan fingerprint density at radius 3 is 2.61 bits per heavy atom. The van der Waals surface area contributed by atoms with Gasteiger partial charge in [-0.25, -0.2) is 0 Å². The SMILES string of the molecule is Cc1nnc(CO)n1-c1ccc(Cl)cc1C(=O)c1ccccc1. The summed E-state index contributed by atoms with van der Waals surface area (Å²) in [4.78, 5) is 12.9. The maximum atomic E-state index is 12.9. The first kappa shape index (κ1) is 15.4. The molecular formula is C17H14ClN3O2. The predicted octanol–water partition coefficient (Wildman–Crippen LogP) is 2.95. The van der Waals surface area contributed by atoms with Crippen LogP contribution in [0.4, 0.5) is 0 Å². The first-order valence-electron chi connectivity index (χ1n) is 7.03. The molecule has 0 aliphatic carbocycles. The maximum Gasteiger partial charge on any atom is 0.195 e. The molecule has 0 unspecified atom stereocenters. The van der Waals surface area contributed by atoms with Gasteiger partial charge in [0.2, 0.25) is 0 Å². The molecule has 116 valence electrons. The third-order valence-corrected chi connectivity index (χ3v) is 3.75. The zero-order valence-corrected chi connectivity index (χ0v) is 13.2. The minimum absolute atomic E-state index is 0.153. The number of benzene rings is 2. The molecule has 1 heterocycles. The van der Waals surface area contributed by atoms with Crippen molar-refractivity contribution in [3.63, 3.8) is 0 Å². The van der Waals surface area contributed by atoms with Gasteiger partial charge in [0.1, 0.15) is 12.4 Å². The molecule has 0 spiro atoms. The van der Waals surface area contributed by atoms with Gasteiger partial charge in [0.15, 0.2) is 11.6 Å². The van der Waals surface area contributed by atoms with Crippen molar-refractivity contribution >= 4 is 17.4 Å². The molecule has 0 amide bonds. The summed E-state index contributed by atoms with van der Waals surface area (Å²) in [5, 5.41) is 17.8. The van der Waals surface area contributed by atoms with Crippen LogP contribution in [0.5, 0.6) is 0 Å². The molecule has 5 nitrogen and oxygen atoms in total. The number of hydrogen-bond donors (Lipinski definition) is 1. The lowest BCUT2D eigenvalue weighted by Gasteiger charge is -2.13. The summed E-state index contributed by atoms with van der Waals surface area (Å²) in [6.45, 7) is 1.49. The van der Waals surface area contributed by atoms with Crippen LogP contribution < -0.4 is 0 Å². The van der Waals surface area contributed by atoms with Crippen LogP contribution in [0, 0.1) is 6.92 Å². The number of carbonyl (C=O) groups excluding carboxylic acids is 1. The second-order valence-corrected chi connectivity index (χ2v) is 5.45. The quantitative estimate of drug-likeness (QED) is 0.748. The molecule has 1 N–H and O–H groups in total. The van der Waals surface area contributed by atoms with Gasteiger partial charge in [0.25, 0.3) is 0 Å². The fourth-order valence-electron chi connectivity index (χ4n) is 2.45. The lowest BCUT2D eigenvalue weighted by atomic mass is 10.0. The normalized spacial score (nSPS) is 10.7. The van der Waals surface area contributed by atoms with Gasteiger partial charge in [-0.1, -0.05) is 41.9 Å². The monoisotopic (exact) mass is 327 g/mol. The van der Waals surface area contributed by atoms with E-state index in [2.05, 4.69) is 10.2 Å². The molecule has 0 saturated carbocycles. The van der Waals surface area contributed by atoms with E-state index in [1.165, 1.54) is 0 Å². The summed E-state index contributed by atoms with van der Waals surface area (Å²) in [5.41, 5.74) is 1.59. The fraction of sp³-hybridized carbons (Fsp3) is 0.118. The van der Waals surface area contributed by atoms with Crippen LogP contribution in [0.3, 0.4) is 0 Å². The number of aliphatic hydroxyl groups excluding tert-OH is 1. The number of nitrogens with zero attached hydrogens (tertiary/aromatic N) is 3. The van der Waals surface area contributed by atoms with Crippen molar-refractivity contribution in [1.29, 1.82) is 0 Å². The van der Waals surface area contributed by atoms with Crippen LogP contribution in [0.15, 0.2) is 48.5 Å². The van der Waals surface area contributed by atoms with Gasteiger partial charge in [-0.3, -0.25) is 9.36 Å². The molecule has 0 aliphatic rings. The van der Waals surface area contributed by atoms with E-state index in [0.29, 0.717) is 33.5 Å². The van der Waals surface area contributed by atoms with Gasteiger partial charge in [-0.15, -0.1) is 10.2 Å². The predicted molar refractivity (Wildman–Crippen MR) is 86.9 cm³/mol. The van der Waals surface area contributed by atoms with Gasteiger partial charge < -0.3 is 5.11 Å². The largest absolute Gasteiger partial charge is 0.388 e. The second-order valence-electron chi connectivity index (χ2n) is 5.01. The molecule has 0 bridgehead atoms. The molecule has 0 fully saturated rings. The van der Waals surface area contributed by atoms with Gasteiger partial charge in [-0.2, -0.15) is 0 Å². The van der Waals surface area contributed by atoms with Gasteiger partial charge in [0, 0.05) is 16.1 Å². The van der Waals surface area contributed by atoms with Gasteiger partial charge in [0.05, 0.1) is 5.69 Å². The Labute approximate surface area is 138 Å². The van der Waals surface area contributed by atoms with E-state index in [-0.39, 0.29) is 12.4 Å². The smallest absolute Gasteiger partial charge is 0.195 e. The molecule has 3 rings (SSSR count). The van der Waals surface area contributed by atoms with Crippen molar-refractivity contribution in [3.05, 3.63) is 76.3 Å². The summed E-state index contributed by atoms with van der Waals surface area (Å²) in [6, 6.07) is 14.0. The summed E-state index contributed by atoms with van der Waals surface area (Å²) in [7, 11) is 0. The molecule has 6 heteroatoms. The van der Waals surface area contributed by atoms with Crippen molar-refractivity contribution in [2.24, 2.45) is 0 Å². The van der Waals surface area contributed by atoms with E-state index in [0.717, 1.165) is 0 Å². The number of carbonyl (C=O) groups is 1. The second kappa shape index (κ2) is 6.32. The van der Waals surface area contributed by atoms with E-state index >= 15 is 0 Å². The topological polar surface area (TPSA) is 68.0 Å². The van der Waals surface area contributed by atoms with Crippen LogP contribution >= 0.6 is 11.6 Å². The Kier molecular flexibility index (Phi) is 4.23. The molecule has 0 aliphatic heterocycles. The van der Waals surface area contributed by atoms with E-state index < -0.39 is 0 Å². The van der Waals surface area contributed by atoms with E-state index in [1.54, 1.807) is 54.0 Å². The number of ketones is 1. The van der Waals surface area contributed by atoms with Crippen molar-refractivity contribution in [2.45, 2.75) is 13.5 Å². The Morgan fingerprint density at radius 2 is 1.91 bits per heavy atom. The molecule has 0 saturated heterocycles. The first-order valence-corrected chi connectivity index (χ1v) is 7.41. The zero-order valence-electron chi connectivity index (χ0n) is 12.4. The van der Waals surface area contributed by atoms with Crippen LogP contribution in [0.2, 0.25) is 5.02 Å².